The van der Waals surface area contributed by atoms with Crippen molar-refractivity contribution in [2.24, 2.45) is 0 Å². The second kappa shape index (κ2) is 6.48. The van der Waals surface area contributed by atoms with Crippen LogP contribution in [0.25, 0.3) is 0 Å². The Morgan fingerprint density at radius 1 is 1.32 bits per heavy atom. The van der Waals surface area contributed by atoms with Gasteiger partial charge in [-0.1, -0.05) is 44.2 Å². The third kappa shape index (κ3) is 3.34. The van der Waals surface area contributed by atoms with Crippen LogP contribution in [0.15, 0.2) is 30.3 Å². The van der Waals surface area contributed by atoms with E-state index in [4.69, 9.17) is 9.47 Å². The van der Waals surface area contributed by atoms with Crippen LogP contribution in [0.4, 0.5) is 0 Å². The van der Waals surface area contributed by atoms with Crippen LogP contribution in [0.5, 0.6) is 0 Å². The van der Waals surface area contributed by atoms with Gasteiger partial charge in [0.2, 0.25) is 5.79 Å². The Labute approximate surface area is 114 Å². The number of aliphatic hydroxyl groups excluding tert-OH is 1. The van der Waals surface area contributed by atoms with Crippen LogP contribution in [-0.2, 0) is 16.1 Å². The van der Waals surface area contributed by atoms with Crippen molar-refractivity contribution in [3.63, 3.8) is 0 Å². The third-order valence-corrected chi connectivity index (χ3v) is 3.69. The molecule has 1 heterocycles. The van der Waals surface area contributed by atoms with Crippen LogP contribution in [0.1, 0.15) is 19.4 Å². The van der Waals surface area contributed by atoms with Crippen LogP contribution in [0, 0.1) is 0 Å². The molecule has 0 saturated carbocycles. The number of epoxide rings is 1. The fourth-order valence-electron chi connectivity index (χ4n) is 2.42. The molecule has 1 aliphatic heterocycles. The molecule has 1 fully saturated rings. The van der Waals surface area contributed by atoms with E-state index < -0.39 is 5.79 Å². The molecule has 1 aliphatic rings. The van der Waals surface area contributed by atoms with Crippen molar-refractivity contribution < 1.29 is 14.6 Å². The summed E-state index contributed by atoms with van der Waals surface area (Å²) in [6.07, 6.45) is 0. The van der Waals surface area contributed by atoms with Gasteiger partial charge < -0.3 is 14.6 Å². The molecule has 2 atom stereocenters. The fraction of sp³-hybridized carbons (Fsp3) is 0.600. The highest BCUT2D eigenvalue weighted by Gasteiger charge is 2.54. The Morgan fingerprint density at radius 3 is 2.42 bits per heavy atom. The normalized spacial score (nSPS) is 23.6. The van der Waals surface area contributed by atoms with Gasteiger partial charge in [0.15, 0.2) is 0 Å². The first-order valence-electron chi connectivity index (χ1n) is 6.92. The van der Waals surface area contributed by atoms with E-state index in [-0.39, 0.29) is 12.6 Å². The Morgan fingerprint density at radius 2 is 1.95 bits per heavy atom. The summed E-state index contributed by atoms with van der Waals surface area (Å²) in [4.78, 5) is 2.18. The van der Waals surface area contributed by atoms with Gasteiger partial charge in [0, 0.05) is 0 Å². The van der Waals surface area contributed by atoms with Crippen molar-refractivity contribution in [3.8, 4) is 0 Å². The minimum absolute atomic E-state index is 0.0521. The average Bonchev–Trinajstić information content (AvgIpc) is 3.24. The molecule has 106 valence electrons. The number of hydrogen-bond acceptors (Lipinski definition) is 4. The lowest BCUT2D eigenvalue weighted by Crippen LogP contribution is -2.49. The molecule has 1 N–H and O–H groups in total. The minimum Gasteiger partial charge on any atom is -0.395 e. The van der Waals surface area contributed by atoms with Gasteiger partial charge >= 0.3 is 0 Å². The standard InChI is InChI=1S/C15H23NO3/c1-3-16(4-2)14(10-17)15(12-19-15)18-11-13-8-6-5-7-9-13/h5-9,14,17H,3-4,10-12H2,1-2H3. The Hall–Kier alpha value is -0.940. The number of hydrogen-bond donors (Lipinski definition) is 1. The molecule has 0 aliphatic carbocycles. The van der Waals surface area contributed by atoms with Gasteiger partial charge in [-0.2, -0.15) is 0 Å². The summed E-state index contributed by atoms with van der Waals surface area (Å²) >= 11 is 0. The summed E-state index contributed by atoms with van der Waals surface area (Å²) in [6, 6.07) is 9.94. The molecule has 0 spiro atoms. The van der Waals surface area contributed by atoms with Gasteiger partial charge in [-0.25, -0.2) is 0 Å². The maximum Gasteiger partial charge on any atom is 0.210 e. The van der Waals surface area contributed by atoms with E-state index in [2.05, 4.69) is 18.7 Å². The van der Waals surface area contributed by atoms with Gasteiger partial charge in [0.1, 0.15) is 6.61 Å². The van der Waals surface area contributed by atoms with Gasteiger partial charge in [-0.15, -0.1) is 0 Å². The SMILES string of the molecule is CCN(CC)C(CO)C1(OCc2ccccc2)CO1. The number of ether oxygens (including phenoxy) is 2. The summed E-state index contributed by atoms with van der Waals surface area (Å²) in [7, 11) is 0. The first kappa shape index (κ1) is 14.5. The fourth-order valence-corrected chi connectivity index (χ4v) is 2.42. The average molecular weight is 265 g/mol. The van der Waals surface area contributed by atoms with Gasteiger partial charge in [0.05, 0.1) is 19.3 Å². The molecule has 2 unspecified atom stereocenters. The Balaban J connectivity index is 1.97. The molecule has 4 heteroatoms. The zero-order valence-corrected chi connectivity index (χ0v) is 11.7. The molecule has 19 heavy (non-hydrogen) atoms. The molecule has 2 rings (SSSR count). The molecule has 0 bridgehead atoms. The topological polar surface area (TPSA) is 45.2 Å². The lowest BCUT2D eigenvalue weighted by Gasteiger charge is -2.32. The Bertz CT molecular complexity index is 374. The molecule has 0 radical (unpaired) electrons. The summed E-state index contributed by atoms with van der Waals surface area (Å²) < 4.78 is 11.5. The molecule has 1 saturated heterocycles. The van der Waals surface area contributed by atoms with E-state index in [1.165, 1.54) is 0 Å². The lowest BCUT2D eigenvalue weighted by molar-refractivity contribution is -0.117. The quantitative estimate of drug-likeness (QED) is 0.726. The van der Waals surface area contributed by atoms with E-state index in [1.807, 2.05) is 30.3 Å². The van der Waals surface area contributed by atoms with Crippen molar-refractivity contribution in [1.29, 1.82) is 0 Å². The molecule has 0 amide bonds. The maximum atomic E-state index is 9.63. The molecular weight excluding hydrogens is 242 g/mol. The third-order valence-electron chi connectivity index (χ3n) is 3.69. The first-order valence-corrected chi connectivity index (χ1v) is 6.92. The van der Waals surface area contributed by atoms with Gasteiger partial charge in [-0.05, 0) is 18.7 Å². The highest BCUT2D eigenvalue weighted by atomic mass is 16.8. The number of rotatable bonds is 8. The zero-order chi connectivity index (χ0) is 13.7. The summed E-state index contributed by atoms with van der Waals surface area (Å²) in [5, 5.41) is 9.63. The van der Waals surface area contributed by atoms with E-state index in [0.29, 0.717) is 13.2 Å². The molecule has 4 nitrogen and oxygen atoms in total. The number of benzene rings is 1. The predicted molar refractivity (Wildman–Crippen MR) is 73.7 cm³/mol. The number of aliphatic hydroxyl groups is 1. The molecular formula is C15H23NO3. The number of likely N-dealkylation sites (N-methyl/N-ethyl adjacent to an activating group) is 1. The van der Waals surface area contributed by atoms with E-state index in [0.717, 1.165) is 18.7 Å². The largest absolute Gasteiger partial charge is 0.395 e. The lowest BCUT2D eigenvalue weighted by atomic mass is 10.1. The highest BCUT2D eigenvalue weighted by molar-refractivity contribution is 5.13. The minimum atomic E-state index is -0.628. The second-order valence-electron chi connectivity index (χ2n) is 4.79. The molecule has 1 aromatic carbocycles. The van der Waals surface area contributed by atoms with Crippen molar-refractivity contribution in [2.75, 3.05) is 26.3 Å². The summed E-state index contributed by atoms with van der Waals surface area (Å²) in [5.74, 6) is -0.628. The van der Waals surface area contributed by atoms with E-state index >= 15 is 0 Å². The maximum absolute atomic E-state index is 9.63. The second-order valence-corrected chi connectivity index (χ2v) is 4.79. The Kier molecular flexibility index (Phi) is 4.93. The zero-order valence-electron chi connectivity index (χ0n) is 11.7. The van der Waals surface area contributed by atoms with Crippen molar-refractivity contribution >= 4 is 0 Å². The summed E-state index contributed by atoms with van der Waals surface area (Å²) in [6.45, 7) is 7.04. The van der Waals surface area contributed by atoms with Gasteiger partial charge in [-0.3, -0.25) is 4.90 Å². The smallest absolute Gasteiger partial charge is 0.210 e. The predicted octanol–water partition coefficient (Wildman–Crippen LogP) is 1.63. The molecule has 1 aromatic rings. The number of nitrogens with zero attached hydrogens (tertiary/aromatic N) is 1. The van der Waals surface area contributed by atoms with Crippen LogP contribution < -0.4 is 0 Å². The van der Waals surface area contributed by atoms with Crippen molar-refractivity contribution in [2.45, 2.75) is 32.3 Å². The van der Waals surface area contributed by atoms with Crippen LogP contribution in [0.3, 0.4) is 0 Å². The van der Waals surface area contributed by atoms with Crippen molar-refractivity contribution in [1.82, 2.24) is 4.90 Å². The van der Waals surface area contributed by atoms with Crippen LogP contribution >= 0.6 is 0 Å². The van der Waals surface area contributed by atoms with Crippen LogP contribution in [-0.4, -0.2) is 48.1 Å². The first-order chi connectivity index (χ1) is 9.25. The highest BCUT2D eigenvalue weighted by Crippen LogP contribution is 2.36. The van der Waals surface area contributed by atoms with E-state index in [1.54, 1.807) is 0 Å². The summed E-state index contributed by atoms with van der Waals surface area (Å²) in [5.41, 5.74) is 1.12. The van der Waals surface area contributed by atoms with Gasteiger partial charge in [0.25, 0.3) is 0 Å². The van der Waals surface area contributed by atoms with Crippen molar-refractivity contribution in [3.05, 3.63) is 35.9 Å². The molecule has 0 aromatic heterocycles. The van der Waals surface area contributed by atoms with E-state index in [9.17, 15) is 5.11 Å². The van der Waals surface area contributed by atoms with Crippen LogP contribution in [0.2, 0.25) is 0 Å². The monoisotopic (exact) mass is 265 g/mol.